The smallest absolute Gasteiger partial charge is 0.271 e. The number of pyridine rings is 1. The Kier molecular flexibility index (Phi) is 3.38. The Balaban J connectivity index is 2.13. The Hall–Kier alpha value is -1.89. The van der Waals surface area contributed by atoms with Crippen molar-refractivity contribution in [3.8, 4) is 0 Å². The minimum atomic E-state index is -0.717. The molecule has 0 bridgehead atoms. The molecule has 0 radical (unpaired) electrons. The molecule has 1 aliphatic heterocycles. The van der Waals surface area contributed by atoms with Gasteiger partial charge in [0.1, 0.15) is 10.3 Å². The molecule has 1 aromatic rings. The topological polar surface area (TPSA) is 83.7 Å². The molecular weight excluding hydrogens is 246 g/mol. The molecule has 1 aromatic heterocycles. The standard InChI is InChI=1S/C9H10ClN5O2/c10-8-7(2-1-3-11-8)6-14-5-4-12-9(14)13-15(16)17/h1-3H,4-6H2,(H,12,13). The van der Waals surface area contributed by atoms with Crippen LogP contribution in [-0.2, 0) is 6.54 Å². The summed E-state index contributed by atoms with van der Waals surface area (Å²) >= 11 is 5.92. The largest absolute Gasteiger partial charge is 0.349 e. The summed E-state index contributed by atoms with van der Waals surface area (Å²) in [5.41, 5.74) is 0.814. The second-order valence-electron chi connectivity index (χ2n) is 3.46. The quantitative estimate of drug-likeness (QED) is 0.488. The molecular formula is C9H10ClN5O2. The summed E-state index contributed by atoms with van der Waals surface area (Å²) in [6, 6.07) is 3.60. The van der Waals surface area contributed by atoms with Gasteiger partial charge in [0.15, 0.2) is 5.03 Å². The number of rotatable bonds is 3. The highest BCUT2D eigenvalue weighted by Crippen LogP contribution is 2.15. The average Bonchev–Trinajstić information content (AvgIpc) is 2.68. The Morgan fingerprint density at radius 2 is 2.53 bits per heavy atom. The van der Waals surface area contributed by atoms with Gasteiger partial charge in [-0.05, 0) is 6.07 Å². The van der Waals surface area contributed by atoms with Crippen molar-refractivity contribution in [1.29, 1.82) is 0 Å². The molecule has 0 saturated carbocycles. The van der Waals surface area contributed by atoms with E-state index in [-0.39, 0.29) is 5.96 Å². The van der Waals surface area contributed by atoms with E-state index in [1.807, 2.05) is 6.07 Å². The van der Waals surface area contributed by atoms with Crippen molar-refractivity contribution in [2.24, 2.45) is 5.10 Å². The summed E-state index contributed by atoms with van der Waals surface area (Å²) in [6.07, 6.45) is 1.60. The van der Waals surface area contributed by atoms with Crippen LogP contribution in [0.15, 0.2) is 23.4 Å². The van der Waals surface area contributed by atoms with Crippen LogP contribution in [0.25, 0.3) is 0 Å². The monoisotopic (exact) mass is 255 g/mol. The van der Waals surface area contributed by atoms with Gasteiger partial charge >= 0.3 is 0 Å². The predicted octanol–water partition coefficient (Wildman–Crippen LogP) is 0.688. The highest BCUT2D eigenvalue weighted by Gasteiger charge is 2.22. The molecule has 1 aliphatic rings. The fraction of sp³-hybridized carbons (Fsp3) is 0.333. The molecule has 0 aromatic carbocycles. The maximum absolute atomic E-state index is 10.3. The average molecular weight is 256 g/mol. The van der Waals surface area contributed by atoms with Crippen molar-refractivity contribution in [2.75, 3.05) is 13.1 Å². The first-order chi connectivity index (χ1) is 8.16. The number of nitro groups is 1. The Morgan fingerprint density at radius 1 is 1.71 bits per heavy atom. The van der Waals surface area contributed by atoms with Crippen molar-refractivity contribution >= 4 is 17.6 Å². The maximum atomic E-state index is 10.3. The lowest BCUT2D eigenvalue weighted by molar-refractivity contribution is -0.485. The first-order valence-electron chi connectivity index (χ1n) is 4.98. The van der Waals surface area contributed by atoms with Crippen molar-refractivity contribution < 1.29 is 5.03 Å². The van der Waals surface area contributed by atoms with Gasteiger partial charge in [0.2, 0.25) is 0 Å². The minimum Gasteiger partial charge on any atom is -0.349 e. The summed E-state index contributed by atoms with van der Waals surface area (Å²) in [5, 5.41) is 16.1. The van der Waals surface area contributed by atoms with Gasteiger partial charge in [-0.1, -0.05) is 17.7 Å². The van der Waals surface area contributed by atoms with E-state index < -0.39 is 5.03 Å². The van der Waals surface area contributed by atoms with E-state index >= 15 is 0 Å². The van der Waals surface area contributed by atoms with Gasteiger partial charge in [-0.25, -0.2) is 15.1 Å². The van der Waals surface area contributed by atoms with Crippen LogP contribution >= 0.6 is 11.6 Å². The van der Waals surface area contributed by atoms with Crippen LogP contribution in [-0.4, -0.2) is 34.0 Å². The summed E-state index contributed by atoms with van der Waals surface area (Å²) in [4.78, 5) is 16.0. The van der Waals surface area contributed by atoms with Gasteiger partial charge in [-0.3, -0.25) is 0 Å². The minimum absolute atomic E-state index is 0.259. The van der Waals surface area contributed by atoms with Crippen molar-refractivity contribution in [3.63, 3.8) is 0 Å². The van der Waals surface area contributed by atoms with E-state index in [4.69, 9.17) is 11.6 Å². The first-order valence-corrected chi connectivity index (χ1v) is 5.36. The summed E-state index contributed by atoms with van der Waals surface area (Å²) in [6.45, 7) is 1.73. The number of hydrogen-bond donors (Lipinski definition) is 1. The molecule has 0 atom stereocenters. The lowest BCUT2D eigenvalue weighted by atomic mass is 10.3. The molecule has 0 amide bonds. The zero-order chi connectivity index (χ0) is 12.3. The molecule has 0 unspecified atom stereocenters. The molecule has 1 fully saturated rings. The van der Waals surface area contributed by atoms with Gasteiger partial charge < -0.3 is 10.2 Å². The molecule has 0 spiro atoms. The normalized spacial score (nSPS) is 17.2. The first kappa shape index (κ1) is 11.6. The summed E-state index contributed by atoms with van der Waals surface area (Å²) < 4.78 is 0. The second-order valence-corrected chi connectivity index (χ2v) is 3.82. The molecule has 2 rings (SSSR count). The number of nitrogens with zero attached hydrogens (tertiary/aromatic N) is 4. The zero-order valence-corrected chi connectivity index (χ0v) is 9.59. The summed E-state index contributed by atoms with van der Waals surface area (Å²) in [7, 11) is 0. The fourth-order valence-corrected chi connectivity index (χ4v) is 1.77. The predicted molar refractivity (Wildman–Crippen MR) is 62.1 cm³/mol. The van der Waals surface area contributed by atoms with Gasteiger partial charge in [0.05, 0.1) is 0 Å². The number of hydrogen-bond acceptors (Lipinski definition) is 3. The van der Waals surface area contributed by atoms with Crippen molar-refractivity contribution in [1.82, 2.24) is 15.2 Å². The van der Waals surface area contributed by atoms with Crippen LogP contribution in [0.1, 0.15) is 5.56 Å². The fourth-order valence-electron chi connectivity index (χ4n) is 1.59. The van der Waals surface area contributed by atoms with Gasteiger partial charge in [0.25, 0.3) is 5.96 Å². The van der Waals surface area contributed by atoms with E-state index in [1.54, 1.807) is 17.2 Å². The molecule has 17 heavy (non-hydrogen) atoms. The lowest BCUT2D eigenvalue weighted by Crippen LogP contribution is -2.30. The Bertz CT molecular complexity index is 464. The molecule has 2 heterocycles. The number of halogens is 1. The molecule has 8 heteroatoms. The number of aromatic nitrogens is 1. The van der Waals surface area contributed by atoms with Crippen LogP contribution in [0.2, 0.25) is 5.15 Å². The number of hydrazone groups is 1. The second kappa shape index (κ2) is 4.96. The van der Waals surface area contributed by atoms with E-state index in [9.17, 15) is 10.1 Å². The van der Waals surface area contributed by atoms with Crippen LogP contribution in [0.3, 0.4) is 0 Å². The number of nitrogens with one attached hydrogen (secondary N) is 1. The maximum Gasteiger partial charge on any atom is 0.271 e. The summed E-state index contributed by atoms with van der Waals surface area (Å²) in [5.74, 6) is 0.259. The zero-order valence-electron chi connectivity index (χ0n) is 8.84. The molecule has 1 N–H and O–H groups in total. The van der Waals surface area contributed by atoms with E-state index in [0.717, 1.165) is 5.56 Å². The van der Waals surface area contributed by atoms with Crippen LogP contribution < -0.4 is 5.32 Å². The highest BCUT2D eigenvalue weighted by molar-refractivity contribution is 6.30. The Labute approximate surface area is 102 Å². The van der Waals surface area contributed by atoms with Gasteiger partial charge in [0, 0.05) is 31.4 Å². The van der Waals surface area contributed by atoms with Crippen LogP contribution in [0, 0.1) is 10.1 Å². The molecule has 0 aliphatic carbocycles. The Morgan fingerprint density at radius 3 is 3.24 bits per heavy atom. The lowest BCUT2D eigenvalue weighted by Gasteiger charge is -2.15. The highest BCUT2D eigenvalue weighted by atomic mass is 35.5. The third kappa shape index (κ3) is 2.82. The third-order valence-electron chi connectivity index (χ3n) is 2.34. The SMILES string of the molecule is O=[N+]([O-])N=C1NCCN1Cc1cccnc1Cl. The van der Waals surface area contributed by atoms with Crippen molar-refractivity contribution in [2.45, 2.75) is 6.54 Å². The van der Waals surface area contributed by atoms with Gasteiger partial charge in [-0.15, -0.1) is 0 Å². The van der Waals surface area contributed by atoms with Crippen LogP contribution in [0.4, 0.5) is 0 Å². The molecule has 7 nitrogen and oxygen atoms in total. The van der Waals surface area contributed by atoms with E-state index in [2.05, 4.69) is 15.4 Å². The van der Waals surface area contributed by atoms with E-state index in [0.29, 0.717) is 24.8 Å². The van der Waals surface area contributed by atoms with Crippen LogP contribution in [0.5, 0.6) is 0 Å². The molecule has 90 valence electrons. The number of guanidine groups is 1. The third-order valence-corrected chi connectivity index (χ3v) is 2.68. The molecule has 1 saturated heterocycles. The van der Waals surface area contributed by atoms with Crippen molar-refractivity contribution in [3.05, 3.63) is 39.2 Å². The van der Waals surface area contributed by atoms with E-state index in [1.165, 1.54) is 0 Å². The van der Waals surface area contributed by atoms with Gasteiger partial charge in [-0.2, -0.15) is 0 Å².